The number of carbonyl (C=O) groups is 1. The molecule has 7 heteroatoms. The highest BCUT2D eigenvalue weighted by Gasteiger charge is 2.17. The van der Waals surface area contributed by atoms with E-state index in [9.17, 15) is 4.79 Å². The van der Waals surface area contributed by atoms with Crippen LogP contribution in [0.2, 0.25) is 0 Å². The van der Waals surface area contributed by atoms with Crippen molar-refractivity contribution in [1.82, 2.24) is 10.2 Å². The topological polar surface area (TPSA) is 62.8 Å². The minimum Gasteiger partial charge on any atom is -0.454 e. The molecule has 1 aliphatic rings. The Kier molecular flexibility index (Phi) is 4.68. The molecular formula is C16H19N3O3S. The van der Waals surface area contributed by atoms with Gasteiger partial charge in [-0.3, -0.25) is 0 Å². The molecule has 0 saturated carbocycles. The van der Waals surface area contributed by atoms with Crippen LogP contribution in [0.4, 0.5) is 10.5 Å². The van der Waals surface area contributed by atoms with Crippen molar-refractivity contribution in [2.24, 2.45) is 0 Å². The minimum atomic E-state index is -0.243. The summed E-state index contributed by atoms with van der Waals surface area (Å²) in [4.78, 5) is 15.4. The van der Waals surface area contributed by atoms with E-state index in [0.717, 1.165) is 0 Å². The predicted octanol–water partition coefficient (Wildman–Crippen LogP) is 2.90. The number of hydrogen-bond acceptors (Lipinski definition) is 5. The zero-order valence-electron chi connectivity index (χ0n) is 13.0. The van der Waals surface area contributed by atoms with Gasteiger partial charge in [-0.2, -0.15) is 0 Å². The number of carbonyl (C=O) groups excluding carboxylic acids is 1. The number of likely N-dealkylation sites (N-methyl/N-ethyl adjacent to an activating group) is 1. The van der Waals surface area contributed by atoms with Crippen LogP contribution in [0.1, 0.15) is 10.9 Å². The Morgan fingerprint density at radius 3 is 2.87 bits per heavy atom. The van der Waals surface area contributed by atoms with Crippen LogP contribution in [0.3, 0.4) is 0 Å². The van der Waals surface area contributed by atoms with E-state index in [2.05, 4.69) is 21.6 Å². The molecule has 1 aliphatic heterocycles. The van der Waals surface area contributed by atoms with E-state index in [-0.39, 0.29) is 18.9 Å². The molecule has 122 valence electrons. The van der Waals surface area contributed by atoms with Gasteiger partial charge in [0.25, 0.3) is 0 Å². The van der Waals surface area contributed by atoms with E-state index >= 15 is 0 Å². The first-order valence-corrected chi connectivity index (χ1v) is 8.16. The lowest BCUT2D eigenvalue weighted by Crippen LogP contribution is -2.36. The van der Waals surface area contributed by atoms with Gasteiger partial charge in [0.05, 0.1) is 6.04 Å². The van der Waals surface area contributed by atoms with Gasteiger partial charge in [-0.15, -0.1) is 11.3 Å². The highest BCUT2D eigenvalue weighted by Crippen LogP contribution is 2.34. The predicted molar refractivity (Wildman–Crippen MR) is 90.3 cm³/mol. The highest BCUT2D eigenvalue weighted by molar-refractivity contribution is 7.10. The molecule has 0 saturated heterocycles. The van der Waals surface area contributed by atoms with Crippen molar-refractivity contribution >= 4 is 23.1 Å². The van der Waals surface area contributed by atoms with Crippen molar-refractivity contribution in [2.75, 3.05) is 32.7 Å². The summed E-state index contributed by atoms with van der Waals surface area (Å²) >= 11 is 1.68. The number of urea groups is 1. The summed E-state index contributed by atoms with van der Waals surface area (Å²) in [7, 11) is 4.00. The Bertz CT molecular complexity index is 673. The lowest BCUT2D eigenvalue weighted by Gasteiger charge is -2.23. The Morgan fingerprint density at radius 2 is 2.13 bits per heavy atom. The van der Waals surface area contributed by atoms with Crippen LogP contribution in [0.15, 0.2) is 35.7 Å². The number of nitrogens with one attached hydrogen (secondary N) is 2. The van der Waals surface area contributed by atoms with Crippen LogP contribution in [0.5, 0.6) is 11.5 Å². The van der Waals surface area contributed by atoms with Gasteiger partial charge in [0.15, 0.2) is 11.5 Å². The molecule has 1 atom stereocenters. The van der Waals surface area contributed by atoms with Crippen molar-refractivity contribution in [3.05, 3.63) is 40.6 Å². The lowest BCUT2D eigenvalue weighted by atomic mass is 10.2. The fourth-order valence-electron chi connectivity index (χ4n) is 2.36. The number of anilines is 1. The molecule has 1 aromatic carbocycles. The minimum absolute atomic E-state index is 0.150. The Labute approximate surface area is 139 Å². The second kappa shape index (κ2) is 6.89. The van der Waals surface area contributed by atoms with E-state index in [1.165, 1.54) is 4.88 Å². The van der Waals surface area contributed by atoms with Crippen LogP contribution in [0, 0.1) is 0 Å². The first kappa shape index (κ1) is 15.6. The van der Waals surface area contributed by atoms with Gasteiger partial charge in [0, 0.05) is 23.2 Å². The van der Waals surface area contributed by atoms with E-state index in [1.54, 1.807) is 29.5 Å². The average Bonchev–Trinajstić information content (AvgIpc) is 3.17. The molecule has 0 aliphatic carbocycles. The van der Waals surface area contributed by atoms with Crippen LogP contribution < -0.4 is 20.1 Å². The summed E-state index contributed by atoms with van der Waals surface area (Å²) in [5.74, 6) is 1.34. The number of hydrogen-bond donors (Lipinski definition) is 2. The zero-order chi connectivity index (χ0) is 16.2. The van der Waals surface area contributed by atoms with Gasteiger partial charge in [-0.05, 0) is 37.7 Å². The second-order valence-electron chi connectivity index (χ2n) is 5.40. The second-order valence-corrected chi connectivity index (χ2v) is 6.38. The number of fused-ring (bicyclic) bond motifs is 1. The number of ether oxygens (including phenoxy) is 2. The van der Waals surface area contributed by atoms with Crippen molar-refractivity contribution in [2.45, 2.75) is 6.04 Å². The maximum Gasteiger partial charge on any atom is 0.319 e. The van der Waals surface area contributed by atoms with Crippen LogP contribution in [-0.2, 0) is 0 Å². The number of rotatable bonds is 5. The van der Waals surface area contributed by atoms with E-state index in [1.807, 2.05) is 25.5 Å². The summed E-state index contributed by atoms with van der Waals surface area (Å²) in [6, 6.07) is 9.33. The molecule has 23 heavy (non-hydrogen) atoms. The fourth-order valence-corrected chi connectivity index (χ4v) is 3.28. The first-order valence-electron chi connectivity index (χ1n) is 7.28. The third-order valence-electron chi connectivity index (χ3n) is 3.58. The normalized spacial score (nSPS) is 13.9. The molecule has 0 spiro atoms. The Morgan fingerprint density at radius 1 is 1.30 bits per heavy atom. The molecule has 2 amide bonds. The largest absolute Gasteiger partial charge is 0.454 e. The summed E-state index contributed by atoms with van der Waals surface area (Å²) in [6.45, 7) is 0.750. The van der Waals surface area contributed by atoms with Gasteiger partial charge in [0.2, 0.25) is 6.79 Å². The van der Waals surface area contributed by atoms with E-state index in [4.69, 9.17) is 9.47 Å². The molecule has 3 rings (SSSR count). The van der Waals surface area contributed by atoms with E-state index in [0.29, 0.717) is 23.7 Å². The van der Waals surface area contributed by atoms with Gasteiger partial charge in [-0.25, -0.2) is 4.79 Å². The van der Waals surface area contributed by atoms with Gasteiger partial charge in [-0.1, -0.05) is 6.07 Å². The zero-order valence-corrected chi connectivity index (χ0v) is 13.9. The maximum absolute atomic E-state index is 12.1. The molecule has 0 fully saturated rings. The molecule has 2 aromatic rings. The average molecular weight is 333 g/mol. The summed E-state index contributed by atoms with van der Waals surface area (Å²) < 4.78 is 10.6. The monoisotopic (exact) mass is 333 g/mol. The summed E-state index contributed by atoms with van der Waals surface area (Å²) in [6.07, 6.45) is 0. The smallest absolute Gasteiger partial charge is 0.319 e. The van der Waals surface area contributed by atoms with Crippen LogP contribution >= 0.6 is 11.3 Å². The Hall–Kier alpha value is -2.25. The molecule has 2 N–H and O–H groups in total. The van der Waals surface area contributed by atoms with Crippen molar-refractivity contribution in [3.63, 3.8) is 0 Å². The third-order valence-corrected chi connectivity index (χ3v) is 4.55. The van der Waals surface area contributed by atoms with Gasteiger partial charge < -0.3 is 25.0 Å². The molecular weight excluding hydrogens is 314 g/mol. The number of nitrogens with zero attached hydrogens (tertiary/aromatic N) is 1. The molecule has 1 unspecified atom stereocenters. The summed E-state index contributed by atoms with van der Waals surface area (Å²) in [5, 5.41) is 7.76. The number of thiophene rings is 1. The fraction of sp³-hybridized carbons (Fsp3) is 0.312. The van der Waals surface area contributed by atoms with Gasteiger partial charge in [0.1, 0.15) is 0 Å². The van der Waals surface area contributed by atoms with Crippen molar-refractivity contribution in [1.29, 1.82) is 0 Å². The Balaban J connectivity index is 1.57. The lowest BCUT2D eigenvalue weighted by molar-refractivity contribution is 0.174. The van der Waals surface area contributed by atoms with Crippen molar-refractivity contribution < 1.29 is 14.3 Å². The maximum atomic E-state index is 12.1. The molecule has 6 nitrogen and oxygen atoms in total. The van der Waals surface area contributed by atoms with Gasteiger partial charge >= 0.3 is 6.03 Å². The quantitative estimate of drug-likeness (QED) is 0.883. The van der Waals surface area contributed by atoms with Crippen LogP contribution in [-0.4, -0.2) is 38.4 Å². The van der Waals surface area contributed by atoms with Crippen LogP contribution in [0.25, 0.3) is 0 Å². The third kappa shape index (κ3) is 3.75. The number of amides is 2. The van der Waals surface area contributed by atoms with Crippen molar-refractivity contribution in [3.8, 4) is 11.5 Å². The molecule has 2 heterocycles. The standard InChI is InChI=1S/C16H19N3O3S/c1-19(2)12(15-4-3-7-23-15)9-17-16(20)18-11-5-6-13-14(8-11)22-10-21-13/h3-8,12H,9-10H2,1-2H3,(H2,17,18,20). The molecule has 0 bridgehead atoms. The molecule has 1 aromatic heterocycles. The number of benzene rings is 1. The first-order chi connectivity index (χ1) is 11.1. The SMILES string of the molecule is CN(C)C(CNC(=O)Nc1ccc2c(c1)OCO2)c1cccs1. The molecule has 0 radical (unpaired) electrons. The summed E-state index contributed by atoms with van der Waals surface area (Å²) in [5.41, 5.74) is 0.671. The highest BCUT2D eigenvalue weighted by atomic mass is 32.1. The van der Waals surface area contributed by atoms with E-state index < -0.39 is 0 Å².